The van der Waals surface area contributed by atoms with Crippen LogP contribution in [0, 0.1) is 0 Å². The van der Waals surface area contributed by atoms with Crippen molar-refractivity contribution in [3.05, 3.63) is 124 Å². The number of halogens is 1. The summed E-state index contributed by atoms with van der Waals surface area (Å²) in [6.45, 7) is 1.32. The highest BCUT2D eigenvalue weighted by molar-refractivity contribution is 9.10. The maximum atomic E-state index is 13.3. The summed E-state index contributed by atoms with van der Waals surface area (Å²) in [5.74, 6) is 1.29. The molecule has 4 aromatic rings. The highest BCUT2D eigenvalue weighted by Crippen LogP contribution is 2.30. The third kappa shape index (κ3) is 7.11. The number of nitrogens with zero attached hydrogens (tertiary/aromatic N) is 1. The van der Waals surface area contributed by atoms with Gasteiger partial charge in [0.1, 0.15) is 6.61 Å². The van der Waals surface area contributed by atoms with Crippen LogP contribution in [0.5, 0.6) is 11.5 Å². The number of carbonyl (C=O) groups is 1. The van der Waals surface area contributed by atoms with Crippen molar-refractivity contribution in [2.45, 2.75) is 19.7 Å². The summed E-state index contributed by atoms with van der Waals surface area (Å²) in [6.07, 6.45) is 0. The second-order valence-electron chi connectivity index (χ2n) is 8.04. The Balaban J connectivity index is 1.51. The van der Waals surface area contributed by atoms with Gasteiger partial charge in [0.25, 0.3) is 0 Å². The SMILES string of the molecule is COc1cc(CN(Cc2ccccc2)C(=O)Nc2cccc(Br)c2)ccc1OCc1ccccc1. The van der Waals surface area contributed by atoms with E-state index in [2.05, 4.69) is 21.2 Å². The van der Waals surface area contributed by atoms with Crippen LogP contribution in [0.15, 0.2) is 108 Å². The lowest BCUT2D eigenvalue weighted by Gasteiger charge is -2.24. The van der Waals surface area contributed by atoms with Gasteiger partial charge in [0.15, 0.2) is 11.5 Å². The molecule has 0 unspecified atom stereocenters. The van der Waals surface area contributed by atoms with E-state index in [0.717, 1.165) is 26.9 Å². The number of hydrogen-bond acceptors (Lipinski definition) is 3. The van der Waals surface area contributed by atoms with Crippen molar-refractivity contribution in [2.24, 2.45) is 0 Å². The fourth-order valence-corrected chi connectivity index (χ4v) is 4.06. The topological polar surface area (TPSA) is 50.8 Å². The fraction of sp³-hybridized carbons (Fsp3) is 0.138. The molecule has 0 fully saturated rings. The minimum atomic E-state index is -0.185. The second kappa shape index (κ2) is 12.1. The summed E-state index contributed by atoms with van der Waals surface area (Å²) in [6, 6.07) is 33.1. The first-order valence-electron chi connectivity index (χ1n) is 11.3. The first-order chi connectivity index (χ1) is 17.1. The van der Waals surface area contributed by atoms with Crippen molar-refractivity contribution in [3.63, 3.8) is 0 Å². The van der Waals surface area contributed by atoms with E-state index in [1.54, 1.807) is 12.0 Å². The normalized spacial score (nSPS) is 10.5. The maximum Gasteiger partial charge on any atom is 0.322 e. The number of nitrogens with one attached hydrogen (secondary N) is 1. The van der Waals surface area contributed by atoms with Crippen LogP contribution in [0.3, 0.4) is 0 Å². The monoisotopic (exact) mass is 530 g/mol. The van der Waals surface area contributed by atoms with Gasteiger partial charge >= 0.3 is 6.03 Å². The molecule has 0 atom stereocenters. The van der Waals surface area contributed by atoms with Crippen LogP contribution >= 0.6 is 15.9 Å². The molecule has 0 spiro atoms. The van der Waals surface area contributed by atoms with Gasteiger partial charge in [-0.05, 0) is 47.0 Å². The van der Waals surface area contributed by atoms with Gasteiger partial charge in [-0.25, -0.2) is 4.79 Å². The summed E-state index contributed by atoms with van der Waals surface area (Å²) < 4.78 is 12.5. The lowest BCUT2D eigenvalue weighted by Crippen LogP contribution is -2.34. The number of rotatable bonds is 9. The molecule has 0 radical (unpaired) electrons. The fourth-order valence-electron chi connectivity index (χ4n) is 3.66. The first kappa shape index (κ1) is 24.4. The van der Waals surface area contributed by atoms with E-state index in [1.807, 2.05) is 103 Å². The number of urea groups is 1. The zero-order chi connectivity index (χ0) is 24.5. The molecule has 0 saturated carbocycles. The number of ether oxygens (including phenoxy) is 2. The Morgan fingerprint density at radius 3 is 2.14 bits per heavy atom. The third-order valence-corrected chi connectivity index (χ3v) is 5.91. The minimum Gasteiger partial charge on any atom is -0.493 e. The number of anilines is 1. The van der Waals surface area contributed by atoms with Crippen LogP contribution in [0.25, 0.3) is 0 Å². The van der Waals surface area contributed by atoms with Gasteiger partial charge in [-0.3, -0.25) is 0 Å². The number of hydrogen-bond donors (Lipinski definition) is 1. The minimum absolute atomic E-state index is 0.185. The Labute approximate surface area is 214 Å². The zero-order valence-corrected chi connectivity index (χ0v) is 21.1. The zero-order valence-electron chi connectivity index (χ0n) is 19.5. The van der Waals surface area contributed by atoms with Crippen molar-refractivity contribution < 1.29 is 14.3 Å². The average molecular weight is 531 g/mol. The average Bonchev–Trinajstić information content (AvgIpc) is 2.88. The number of carbonyl (C=O) groups excluding carboxylic acids is 1. The van der Waals surface area contributed by atoms with Gasteiger partial charge in [-0.2, -0.15) is 0 Å². The third-order valence-electron chi connectivity index (χ3n) is 5.42. The largest absolute Gasteiger partial charge is 0.493 e. The molecule has 0 aliphatic heterocycles. The smallest absolute Gasteiger partial charge is 0.322 e. The molecule has 0 aliphatic rings. The van der Waals surface area contributed by atoms with Gasteiger partial charge in [-0.1, -0.05) is 88.7 Å². The number of benzene rings is 4. The Morgan fingerprint density at radius 2 is 1.46 bits per heavy atom. The van der Waals surface area contributed by atoms with Crippen molar-refractivity contribution in [1.29, 1.82) is 0 Å². The lowest BCUT2D eigenvalue weighted by molar-refractivity contribution is 0.206. The molecular formula is C29H27BrN2O3. The van der Waals surface area contributed by atoms with E-state index in [1.165, 1.54) is 0 Å². The lowest BCUT2D eigenvalue weighted by atomic mass is 10.1. The second-order valence-corrected chi connectivity index (χ2v) is 8.96. The molecule has 35 heavy (non-hydrogen) atoms. The Hall–Kier alpha value is -3.77. The molecule has 0 aliphatic carbocycles. The molecule has 1 N–H and O–H groups in total. The number of methoxy groups -OCH3 is 1. The van der Waals surface area contributed by atoms with Gasteiger partial charge in [0.05, 0.1) is 7.11 Å². The predicted molar refractivity (Wildman–Crippen MR) is 143 cm³/mol. The molecule has 4 aromatic carbocycles. The Morgan fingerprint density at radius 1 is 0.771 bits per heavy atom. The highest BCUT2D eigenvalue weighted by Gasteiger charge is 2.17. The van der Waals surface area contributed by atoms with E-state index >= 15 is 0 Å². The number of amides is 2. The van der Waals surface area contributed by atoms with Gasteiger partial charge in [0, 0.05) is 23.2 Å². The van der Waals surface area contributed by atoms with E-state index in [4.69, 9.17) is 9.47 Å². The summed E-state index contributed by atoms with van der Waals surface area (Å²) in [5, 5.41) is 3.00. The summed E-state index contributed by atoms with van der Waals surface area (Å²) >= 11 is 3.46. The van der Waals surface area contributed by atoms with Crippen LogP contribution in [0.4, 0.5) is 10.5 Å². The van der Waals surface area contributed by atoms with Gasteiger partial charge in [-0.15, -0.1) is 0 Å². The Kier molecular flexibility index (Phi) is 8.41. The van der Waals surface area contributed by atoms with E-state index in [0.29, 0.717) is 31.2 Å². The summed E-state index contributed by atoms with van der Waals surface area (Å²) in [7, 11) is 1.62. The van der Waals surface area contributed by atoms with Crippen LogP contribution in [-0.4, -0.2) is 18.0 Å². The van der Waals surface area contributed by atoms with Crippen molar-refractivity contribution in [1.82, 2.24) is 4.90 Å². The highest BCUT2D eigenvalue weighted by atomic mass is 79.9. The molecule has 178 valence electrons. The quantitative estimate of drug-likeness (QED) is 0.247. The van der Waals surface area contributed by atoms with E-state index in [9.17, 15) is 4.79 Å². The van der Waals surface area contributed by atoms with Crippen molar-refractivity contribution in [2.75, 3.05) is 12.4 Å². The van der Waals surface area contributed by atoms with Gasteiger partial charge < -0.3 is 19.7 Å². The van der Waals surface area contributed by atoms with Crippen LogP contribution in [0.2, 0.25) is 0 Å². The van der Waals surface area contributed by atoms with Crippen LogP contribution < -0.4 is 14.8 Å². The summed E-state index contributed by atoms with van der Waals surface area (Å²) in [5.41, 5.74) is 3.79. The molecule has 6 heteroatoms. The van der Waals surface area contributed by atoms with Crippen LogP contribution in [0.1, 0.15) is 16.7 Å². The molecule has 0 bridgehead atoms. The first-order valence-corrected chi connectivity index (χ1v) is 12.1. The van der Waals surface area contributed by atoms with E-state index in [-0.39, 0.29) is 6.03 Å². The predicted octanol–water partition coefficient (Wildman–Crippen LogP) is 7.27. The standard InChI is InChI=1S/C29H27BrN2O3/c1-34-28-17-24(15-16-27(28)35-21-23-11-6-3-7-12-23)20-32(19-22-9-4-2-5-10-22)29(33)31-26-14-8-13-25(30)18-26/h2-18H,19-21H2,1H3,(H,31,33). The summed E-state index contributed by atoms with van der Waals surface area (Å²) in [4.78, 5) is 15.0. The molecule has 0 aromatic heterocycles. The molecule has 0 heterocycles. The molecule has 0 saturated heterocycles. The maximum absolute atomic E-state index is 13.3. The van der Waals surface area contributed by atoms with Gasteiger partial charge in [0.2, 0.25) is 0 Å². The Bertz CT molecular complexity index is 1250. The van der Waals surface area contributed by atoms with Crippen LogP contribution in [-0.2, 0) is 19.7 Å². The molecule has 2 amide bonds. The molecule has 5 nitrogen and oxygen atoms in total. The van der Waals surface area contributed by atoms with Crippen molar-refractivity contribution >= 4 is 27.6 Å². The van der Waals surface area contributed by atoms with Crippen molar-refractivity contribution in [3.8, 4) is 11.5 Å². The molecule has 4 rings (SSSR count). The van der Waals surface area contributed by atoms with E-state index < -0.39 is 0 Å². The molecular weight excluding hydrogens is 504 g/mol.